The molecule has 0 saturated carbocycles. The van der Waals surface area contributed by atoms with Crippen molar-refractivity contribution >= 4 is 17.0 Å². The highest BCUT2D eigenvalue weighted by molar-refractivity contribution is 5.97. The van der Waals surface area contributed by atoms with E-state index in [2.05, 4.69) is 67.1 Å². The SMILES string of the molecule is CCC1(CC)C[n+]2ccccc2-c2c1ccc1c3c(oc21)C=CCC3. The predicted molar refractivity (Wildman–Crippen MR) is 101 cm³/mol. The van der Waals surface area contributed by atoms with Crippen LogP contribution in [0.5, 0.6) is 0 Å². The van der Waals surface area contributed by atoms with E-state index in [9.17, 15) is 0 Å². The fourth-order valence-corrected chi connectivity index (χ4v) is 4.84. The van der Waals surface area contributed by atoms with Gasteiger partial charge in [0.2, 0.25) is 5.69 Å². The molecule has 0 amide bonds. The number of pyridine rings is 1. The van der Waals surface area contributed by atoms with Crippen LogP contribution in [-0.4, -0.2) is 0 Å². The van der Waals surface area contributed by atoms with Gasteiger partial charge in [-0.05, 0) is 43.4 Å². The second-order valence-electron chi connectivity index (χ2n) is 7.45. The lowest BCUT2D eigenvalue weighted by atomic mass is 9.71. The van der Waals surface area contributed by atoms with E-state index in [1.807, 2.05) is 0 Å². The first-order valence-electron chi connectivity index (χ1n) is 9.51. The van der Waals surface area contributed by atoms with Gasteiger partial charge >= 0.3 is 0 Å². The van der Waals surface area contributed by atoms with Crippen LogP contribution in [0.15, 0.2) is 47.0 Å². The predicted octanol–water partition coefficient (Wildman–Crippen LogP) is 5.42. The zero-order valence-electron chi connectivity index (χ0n) is 15.0. The maximum atomic E-state index is 6.43. The molecule has 126 valence electrons. The summed E-state index contributed by atoms with van der Waals surface area (Å²) < 4.78 is 8.85. The Balaban J connectivity index is 1.91. The van der Waals surface area contributed by atoms with Gasteiger partial charge < -0.3 is 4.42 Å². The Morgan fingerprint density at radius 3 is 2.84 bits per heavy atom. The van der Waals surface area contributed by atoms with Crippen LogP contribution in [0.3, 0.4) is 0 Å². The Hall–Kier alpha value is -2.35. The number of hydrogen-bond acceptors (Lipinski definition) is 1. The molecule has 3 aromatic rings. The van der Waals surface area contributed by atoms with E-state index in [0.29, 0.717) is 0 Å². The number of fused-ring (bicyclic) bond motifs is 7. The average Bonchev–Trinajstić information content (AvgIpc) is 3.06. The van der Waals surface area contributed by atoms with Crippen LogP contribution >= 0.6 is 0 Å². The Labute approximate surface area is 148 Å². The summed E-state index contributed by atoms with van der Waals surface area (Å²) in [4.78, 5) is 0. The van der Waals surface area contributed by atoms with Crippen LogP contribution in [0.25, 0.3) is 28.3 Å². The largest absolute Gasteiger partial charge is 0.456 e. The highest BCUT2D eigenvalue weighted by atomic mass is 16.3. The molecule has 0 radical (unpaired) electrons. The molecule has 1 aliphatic heterocycles. The highest BCUT2D eigenvalue weighted by Gasteiger charge is 2.42. The molecular weight excluding hydrogens is 306 g/mol. The van der Waals surface area contributed by atoms with Crippen molar-refractivity contribution in [2.45, 2.75) is 51.5 Å². The summed E-state index contributed by atoms with van der Waals surface area (Å²) in [5.74, 6) is 1.06. The first-order valence-corrected chi connectivity index (χ1v) is 9.51. The molecule has 2 aromatic heterocycles. The number of aryl methyl sites for hydroxylation is 1. The van der Waals surface area contributed by atoms with Crippen molar-refractivity contribution in [3.05, 3.63) is 59.5 Å². The fourth-order valence-electron chi connectivity index (χ4n) is 4.84. The Kier molecular flexibility index (Phi) is 3.18. The van der Waals surface area contributed by atoms with Crippen LogP contribution in [0.1, 0.15) is 50.0 Å². The number of aromatic nitrogens is 1. The number of benzene rings is 1. The van der Waals surface area contributed by atoms with E-state index in [0.717, 1.165) is 43.6 Å². The smallest absolute Gasteiger partial charge is 0.216 e. The van der Waals surface area contributed by atoms with Crippen LogP contribution < -0.4 is 4.57 Å². The third-order valence-electron chi connectivity index (χ3n) is 6.42. The Morgan fingerprint density at radius 1 is 1.12 bits per heavy atom. The number of nitrogens with zero attached hydrogens (tertiary/aromatic N) is 1. The molecular formula is C23H24NO+. The van der Waals surface area contributed by atoms with Gasteiger partial charge in [-0.25, -0.2) is 0 Å². The summed E-state index contributed by atoms with van der Waals surface area (Å²) in [7, 11) is 0. The molecule has 0 unspecified atom stereocenters. The lowest BCUT2D eigenvalue weighted by Crippen LogP contribution is -2.50. The summed E-state index contributed by atoms with van der Waals surface area (Å²) in [6.07, 6.45) is 11.1. The molecule has 0 spiro atoms. The molecule has 5 rings (SSSR count). The van der Waals surface area contributed by atoms with E-state index >= 15 is 0 Å². The minimum Gasteiger partial charge on any atom is -0.456 e. The van der Waals surface area contributed by atoms with Crippen molar-refractivity contribution in [3.63, 3.8) is 0 Å². The van der Waals surface area contributed by atoms with E-state index < -0.39 is 0 Å². The van der Waals surface area contributed by atoms with Gasteiger partial charge in [-0.15, -0.1) is 0 Å². The molecule has 2 heteroatoms. The first-order chi connectivity index (χ1) is 12.3. The van der Waals surface area contributed by atoms with Crippen molar-refractivity contribution in [2.75, 3.05) is 0 Å². The summed E-state index contributed by atoms with van der Waals surface area (Å²) >= 11 is 0. The van der Waals surface area contributed by atoms with E-state index in [1.54, 1.807) is 0 Å². The maximum Gasteiger partial charge on any atom is 0.216 e. The van der Waals surface area contributed by atoms with Crippen LogP contribution in [0.4, 0.5) is 0 Å². The lowest BCUT2D eigenvalue weighted by molar-refractivity contribution is -0.697. The van der Waals surface area contributed by atoms with Crippen molar-refractivity contribution < 1.29 is 8.98 Å². The molecule has 2 nitrogen and oxygen atoms in total. The van der Waals surface area contributed by atoms with Crippen LogP contribution in [0.2, 0.25) is 0 Å². The topological polar surface area (TPSA) is 17.0 Å². The Bertz CT molecular complexity index is 1000. The number of furan rings is 1. The molecule has 0 bridgehead atoms. The molecule has 0 atom stereocenters. The number of rotatable bonds is 2. The quantitative estimate of drug-likeness (QED) is 0.574. The summed E-state index contributed by atoms with van der Waals surface area (Å²) in [5.41, 5.74) is 6.72. The molecule has 1 aromatic carbocycles. The standard InChI is InChI=1S/C23H24NO/c1-3-23(4-2)15-24-14-8-7-10-19(24)21-18(23)13-12-17-16-9-5-6-11-20(16)25-22(17)21/h6-8,10-14H,3-5,9,15H2,1-2H3/q+1. The van der Waals surface area contributed by atoms with E-state index in [1.165, 1.54) is 27.8 Å². The number of allylic oxidation sites excluding steroid dienone is 1. The van der Waals surface area contributed by atoms with Crippen LogP contribution in [-0.2, 0) is 18.4 Å². The zero-order valence-corrected chi connectivity index (χ0v) is 15.0. The summed E-state index contributed by atoms with van der Waals surface area (Å²) in [6.45, 7) is 5.69. The van der Waals surface area contributed by atoms with Gasteiger partial charge in [-0.2, -0.15) is 4.57 Å². The van der Waals surface area contributed by atoms with Gasteiger partial charge in [0.1, 0.15) is 11.3 Å². The number of hydrogen-bond donors (Lipinski definition) is 0. The second-order valence-corrected chi connectivity index (χ2v) is 7.45. The normalized spacial score (nSPS) is 17.2. The minimum absolute atomic E-state index is 0.186. The van der Waals surface area contributed by atoms with Gasteiger partial charge in [0, 0.05) is 23.1 Å². The van der Waals surface area contributed by atoms with Crippen molar-refractivity contribution in [2.24, 2.45) is 0 Å². The van der Waals surface area contributed by atoms with Gasteiger partial charge in [0.25, 0.3) is 0 Å². The van der Waals surface area contributed by atoms with E-state index in [4.69, 9.17) is 4.42 Å². The summed E-state index contributed by atoms with van der Waals surface area (Å²) in [5, 5.41) is 1.30. The van der Waals surface area contributed by atoms with Gasteiger partial charge in [0.05, 0.1) is 11.0 Å². The average molecular weight is 330 g/mol. The van der Waals surface area contributed by atoms with Gasteiger partial charge in [-0.1, -0.05) is 32.1 Å². The van der Waals surface area contributed by atoms with Crippen molar-refractivity contribution in [3.8, 4) is 11.3 Å². The van der Waals surface area contributed by atoms with Gasteiger partial charge in [-0.3, -0.25) is 0 Å². The molecule has 0 saturated heterocycles. The van der Waals surface area contributed by atoms with Gasteiger partial charge in [0.15, 0.2) is 12.7 Å². The van der Waals surface area contributed by atoms with Crippen LogP contribution in [0, 0.1) is 0 Å². The molecule has 25 heavy (non-hydrogen) atoms. The molecule has 3 heterocycles. The third kappa shape index (κ3) is 1.94. The third-order valence-corrected chi connectivity index (χ3v) is 6.42. The first kappa shape index (κ1) is 14.9. The molecule has 1 aliphatic carbocycles. The molecule has 0 N–H and O–H groups in total. The fraction of sp³-hybridized carbons (Fsp3) is 0.348. The van der Waals surface area contributed by atoms with Crippen molar-refractivity contribution in [1.82, 2.24) is 0 Å². The van der Waals surface area contributed by atoms with E-state index in [-0.39, 0.29) is 5.41 Å². The summed E-state index contributed by atoms with van der Waals surface area (Å²) in [6, 6.07) is 11.2. The lowest BCUT2D eigenvalue weighted by Gasteiger charge is -2.34. The maximum absolute atomic E-state index is 6.43. The second kappa shape index (κ2) is 5.32. The zero-order chi connectivity index (χ0) is 17.0. The highest BCUT2D eigenvalue weighted by Crippen LogP contribution is 2.46. The minimum atomic E-state index is 0.186. The molecule has 2 aliphatic rings. The monoisotopic (exact) mass is 330 g/mol. The van der Waals surface area contributed by atoms with Crippen molar-refractivity contribution in [1.29, 1.82) is 0 Å². The molecule has 0 fully saturated rings. The Morgan fingerprint density at radius 2 is 2.00 bits per heavy atom.